The number of aromatic nitrogens is 2. The van der Waals surface area contributed by atoms with Crippen molar-refractivity contribution >= 4 is 45.7 Å². The molecular formula is C27H32N4O6S2. The van der Waals surface area contributed by atoms with E-state index in [4.69, 9.17) is 16.8 Å². The molecule has 39 heavy (non-hydrogen) atoms. The molecule has 1 aromatic heterocycles. The van der Waals surface area contributed by atoms with Gasteiger partial charge in [0.2, 0.25) is 5.88 Å². The highest BCUT2D eigenvalue weighted by Gasteiger charge is 2.28. The molecule has 2 heterocycles. The van der Waals surface area contributed by atoms with E-state index in [9.17, 15) is 23.1 Å². The average Bonchev–Trinajstić information content (AvgIpc) is 3.18. The van der Waals surface area contributed by atoms with Gasteiger partial charge in [0.15, 0.2) is 4.77 Å². The van der Waals surface area contributed by atoms with Crippen LogP contribution in [0.2, 0.25) is 0 Å². The van der Waals surface area contributed by atoms with Gasteiger partial charge in [0.1, 0.15) is 5.56 Å². The van der Waals surface area contributed by atoms with E-state index in [0.29, 0.717) is 34.8 Å². The molecular weight excluding hydrogens is 540 g/mol. The van der Waals surface area contributed by atoms with E-state index < -0.39 is 16.0 Å². The fraction of sp³-hybridized carbons (Fsp3) is 0.333. The van der Waals surface area contributed by atoms with Crippen molar-refractivity contribution in [2.75, 3.05) is 5.01 Å². The summed E-state index contributed by atoms with van der Waals surface area (Å²) in [5.74, 6) is -0.575. The third-order valence-corrected chi connectivity index (χ3v) is 7.40. The lowest BCUT2D eigenvalue weighted by molar-refractivity contribution is -0.114. The van der Waals surface area contributed by atoms with Crippen LogP contribution in [0.5, 0.6) is 5.88 Å². The van der Waals surface area contributed by atoms with Crippen molar-refractivity contribution in [2.45, 2.75) is 64.4 Å². The number of hydrogen-bond acceptors (Lipinski definition) is 7. The Kier molecular flexibility index (Phi) is 9.95. The summed E-state index contributed by atoms with van der Waals surface area (Å²) in [6, 6.07) is 5.12. The quantitative estimate of drug-likeness (QED) is 0.170. The monoisotopic (exact) mass is 572 g/mol. The summed E-state index contributed by atoms with van der Waals surface area (Å²) in [4.78, 5) is 25.7. The predicted molar refractivity (Wildman–Crippen MR) is 154 cm³/mol. The topological polar surface area (TPSA) is 134 Å². The van der Waals surface area contributed by atoms with Gasteiger partial charge in [-0.3, -0.25) is 23.3 Å². The van der Waals surface area contributed by atoms with Gasteiger partial charge >= 0.3 is 0 Å². The number of aromatic hydroxyl groups is 1. The number of unbranched alkanes of at least 4 members (excludes halogenated alkanes) is 2. The number of allylic oxidation sites excluding steroid dienone is 4. The number of benzene rings is 1. The summed E-state index contributed by atoms with van der Waals surface area (Å²) in [5, 5.41) is 16.2. The number of hydrogen-bond donors (Lipinski definition) is 2. The van der Waals surface area contributed by atoms with Crippen LogP contribution >= 0.6 is 12.2 Å². The molecule has 0 unspecified atom stereocenters. The standard InChI is InChI=1S/C27H32N4O6S2/c1-4-6-17-29-24(32)23(25(33)30(27(29)38)18-7-5-2)12-10-8-9-11-22-19(3)28-31(26(22)34)20-13-15-21(16-14-20)39(35,36)37/h8-16,32H,4-7,17-18H2,1-3H3,(H,35,36,37). The summed E-state index contributed by atoms with van der Waals surface area (Å²) in [6.45, 7) is 6.71. The third kappa shape index (κ3) is 6.88. The third-order valence-electron chi connectivity index (χ3n) is 6.09. The SMILES string of the molecule is CCCCn1c(O)c(C=CC=CC=C2C(=O)N(c3ccc(S(=O)(=O)O)cc3)N=C2C)c(=O)n(CCCC)c1=S. The Labute approximate surface area is 232 Å². The molecule has 1 amide bonds. The maximum Gasteiger partial charge on any atom is 0.294 e. The largest absolute Gasteiger partial charge is 0.494 e. The Hall–Kier alpha value is -3.61. The number of amides is 1. The fourth-order valence-corrected chi connectivity index (χ4v) is 4.73. The second kappa shape index (κ2) is 13.0. The number of anilines is 1. The molecule has 0 atom stereocenters. The van der Waals surface area contributed by atoms with E-state index >= 15 is 0 Å². The number of carbonyl (C=O) groups excluding carboxylic acids is 1. The minimum Gasteiger partial charge on any atom is -0.494 e. The second-order valence-corrected chi connectivity index (χ2v) is 10.7. The van der Waals surface area contributed by atoms with E-state index in [2.05, 4.69) is 5.10 Å². The molecule has 0 bridgehead atoms. The zero-order valence-electron chi connectivity index (χ0n) is 22.1. The zero-order chi connectivity index (χ0) is 28.7. The van der Waals surface area contributed by atoms with E-state index in [-0.39, 0.29) is 21.9 Å². The molecule has 2 N–H and O–H groups in total. The molecule has 0 radical (unpaired) electrons. The molecule has 0 fully saturated rings. The van der Waals surface area contributed by atoms with Crippen LogP contribution in [0.1, 0.15) is 52.0 Å². The zero-order valence-corrected chi connectivity index (χ0v) is 23.7. The molecule has 1 aromatic carbocycles. The van der Waals surface area contributed by atoms with Crippen molar-refractivity contribution in [2.24, 2.45) is 5.10 Å². The van der Waals surface area contributed by atoms with Crippen LogP contribution in [0.4, 0.5) is 5.69 Å². The van der Waals surface area contributed by atoms with Crippen LogP contribution in [-0.4, -0.2) is 38.8 Å². The van der Waals surface area contributed by atoms with Gasteiger partial charge in [-0.1, -0.05) is 44.9 Å². The summed E-state index contributed by atoms with van der Waals surface area (Å²) in [5.41, 5.74) is 0.919. The highest BCUT2D eigenvalue weighted by Crippen LogP contribution is 2.25. The molecule has 3 rings (SSSR count). The normalized spacial score (nSPS) is 15.3. The van der Waals surface area contributed by atoms with Gasteiger partial charge in [-0.25, -0.2) is 0 Å². The van der Waals surface area contributed by atoms with Gasteiger partial charge in [0, 0.05) is 13.1 Å². The van der Waals surface area contributed by atoms with Crippen molar-refractivity contribution < 1.29 is 22.9 Å². The Bertz CT molecular complexity index is 1580. The Morgan fingerprint density at radius 2 is 1.59 bits per heavy atom. The molecule has 12 heteroatoms. The summed E-state index contributed by atoms with van der Waals surface area (Å²) in [7, 11) is -4.35. The van der Waals surface area contributed by atoms with E-state index in [1.165, 1.54) is 34.9 Å². The van der Waals surface area contributed by atoms with Crippen LogP contribution in [0.3, 0.4) is 0 Å². The van der Waals surface area contributed by atoms with E-state index in [1.54, 1.807) is 35.8 Å². The van der Waals surface area contributed by atoms with Gasteiger partial charge in [-0.2, -0.15) is 18.5 Å². The van der Waals surface area contributed by atoms with Gasteiger partial charge in [0.25, 0.3) is 21.6 Å². The van der Waals surface area contributed by atoms with Gasteiger partial charge in [0.05, 0.1) is 21.9 Å². The summed E-state index contributed by atoms with van der Waals surface area (Å²) < 4.78 is 35.1. The van der Waals surface area contributed by atoms with Crippen molar-refractivity contribution in [3.63, 3.8) is 0 Å². The van der Waals surface area contributed by atoms with Crippen LogP contribution in [0.25, 0.3) is 6.08 Å². The predicted octanol–water partition coefficient (Wildman–Crippen LogP) is 4.85. The fourth-order valence-electron chi connectivity index (χ4n) is 3.90. The van der Waals surface area contributed by atoms with Crippen molar-refractivity contribution in [3.8, 4) is 5.88 Å². The first-order valence-electron chi connectivity index (χ1n) is 12.6. The van der Waals surface area contributed by atoms with Crippen LogP contribution in [-0.2, 0) is 28.0 Å². The highest BCUT2D eigenvalue weighted by molar-refractivity contribution is 7.85. The lowest BCUT2D eigenvalue weighted by Gasteiger charge is -2.16. The second-order valence-electron chi connectivity index (χ2n) is 8.93. The average molecular weight is 573 g/mol. The van der Waals surface area contributed by atoms with Crippen LogP contribution < -0.4 is 10.6 Å². The van der Waals surface area contributed by atoms with Crippen molar-refractivity contribution in [1.29, 1.82) is 0 Å². The first-order valence-corrected chi connectivity index (χ1v) is 14.4. The van der Waals surface area contributed by atoms with Crippen LogP contribution in [0, 0.1) is 4.77 Å². The van der Waals surface area contributed by atoms with Gasteiger partial charge in [-0.05, 0) is 68.4 Å². The number of nitrogens with zero attached hydrogens (tertiary/aromatic N) is 4. The van der Waals surface area contributed by atoms with Crippen molar-refractivity contribution in [3.05, 3.63) is 74.8 Å². The van der Waals surface area contributed by atoms with Gasteiger partial charge in [-0.15, -0.1) is 0 Å². The molecule has 2 aromatic rings. The number of carbonyl (C=O) groups is 1. The number of hydrazone groups is 1. The summed E-state index contributed by atoms with van der Waals surface area (Å²) >= 11 is 5.49. The molecule has 10 nitrogen and oxygen atoms in total. The molecule has 0 aliphatic carbocycles. The number of rotatable bonds is 11. The van der Waals surface area contributed by atoms with E-state index in [1.807, 2.05) is 13.8 Å². The lowest BCUT2D eigenvalue weighted by Crippen LogP contribution is -2.27. The smallest absolute Gasteiger partial charge is 0.294 e. The Morgan fingerprint density at radius 1 is 0.974 bits per heavy atom. The summed E-state index contributed by atoms with van der Waals surface area (Å²) in [6.07, 6.45) is 11.3. The van der Waals surface area contributed by atoms with Gasteiger partial charge < -0.3 is 5.11 Å². The first kappa shape index (κ1) is 29.9. The van der Waals surface area contributed by atoms with Crippen LogP contribution in [0.15, 0.2) is 68.9 Å². The molecule has 208 valence electrons. The Balaban J connectivity index is 1.83. The molecule has 0 saturated heterocycles. The maximum atomic E-state index is 13.1. The van der Waals surface area contributed by atoms with E-state index in [0.717, 1.165) is 30.7 Å². The van der Waals surface area contributed by atoms with Crippen molar-refractivity contribution in [1.82, 2.24) is 9.13 Å². The molecule has 0 saturated carbocycles. The highest BCUT2D eigenvalue weighted by atomic mass is 32.2. The first-order chi connectivity index (χ1) is 18.5. The minimum atomic E-state index is -4.35. The minimum absolute atomic E-state index is 0.141. The molecule has 0 spiro atoms. The molecule has 1 aliphatic rings. The lowest BCUT2D eigenvalue weighted by atomic mass is 10.1. The Morgan fingerprint density at radius 3 is 2.18 bits per heavy atom. The molecule has 1 aliphatic heterocycles. The maximum absolute atomic E-state index is 13.1.